The van der Waals surface area contributed by atoms with Gasteiger partial charge in [-0.15, -0.1) is 12.4 Å². The molecule has 3 nitrogen and oxygen atoms in total. The van der Waals surface area contributed by atoms with E-state index in [4.69, 9.17) is 5.73 Å². The number of likely N-dealkylation sites (N-methyl/N-ethyl adjacent to an activating group) is 1. The molecule has 0 unspecified atom stereocenters. The Kier molecular flexibility index (Phi) is 6.36. The molecule has 1 rings (SSSR count). The molecule has 0 spiro atoms. The van der Waals surface area contributed by atoms with Crippen molar-refractivity contribution in [2.75, 3.05) is 7.05 Å². The van der Waals surface area contributed by atoms with E-state index >= 15 is 0 Å². The number of carbonyl (C=O) groups excluding carboxylic acids is 1. The third-order valence-electron chi connectivity index (χ3n) is 2.75. The van der Waals surface area contributed by atoms with Crippen LogP contribution in [-0.2, 0) is 17.8 Å². The lowest BCUT2D eigenvalue weighted by Crippen LogP contribution is -2.49. The van der Waals surface area contributed by atoms with Gasteiger partial charge >= 0.3 is 0 Å². The van der Waals surface area contributed by atoms with Crippen molar-refractivity contribution in [3.63, 3.8) is 0 Å². The zero-order valence-electron chi connectivity index (χ0n) is 11.6. The molecule has 0 aliphatic rings. The lowest BCUT2D eigenvalue weighted by Gasteiger charge is -2.25. The fraction of sp³-hybridized carbons (Fsp3) is 0.500. The molecule has 0 saturated carbocycles. The van der Waals surface area contributed by atoms with E-state index in [0.29, 0.717) is 6.54 Å². The molecule has 1 aromatic carbocycles. The smallest absolute Gasteiger partial charge is 0.242 e. The topological polar surface area (TPSA) is 46.3 Å². The number of amides is 1. The van der Waals surface area contributed by atoms with Gasteiger partial charge in [-0.05, 0) is 31.4 Å². The van der Waals surface area contributed by atoms with E-state index in [1.54, 1.807) is 25.8 Å². The van der Waals surface area contributed by atoms with Crippen LogP contribution in [0.3, 0.4) is 0 Å². The SMILES string of the molecule is CCc1ccc(CN(C)C(=O)C(C)(C)N)cc1.Cl. The minimum atomic E-state index is -0.807. The van der Waals surface area contributed by atoms with Crippen LogP contribution in [0.25, 0.3) is 0 Å². The number of aryl methyl sites for hydroxylation is 1. The largest absolute Gasteiger partial charge is 0.340 e. The Morgan fingerprint density at radius 1 is 1.22 bits per heavy atom. The van der Waals surface area contributed by atoms with Gasteiger partial charge in [-0.2, -0.15) is 0 Å². The van der Waals surface area contributed by atoms with Gasteiger partial charge in [0.15, 0.2) is 0 Å². The fourth-order valence-electron chi connectivity index (χ4n) is 1.72. The summed E-state index contributed by atoms with van der Waals surface area (Å²) in [6.07, 6.45) is 1.03. The normalized spacial score (nSPS) is 10.7. The Balaban J connectivity index is 0.00000289. The summed E-state index contributed by atoms with van der Waals surface area (Å²) < 4.78 is 0. The van der Waals surface area contributed by atoms with Gasteiger partial charge in [-0.3, -0.25) is 4.79 Å². The highest BCUT2D eigenvalue weighted by Crippen LogP contribution is 2.10. The number of hydrogen-bond acceptors (Lipinski definition) is 2. The third kappa shape index (κ3) is 4.67. The predicted molar refractivity (Wildman–Crippen MR) is 77.8 cm³/mol. The predicted octanol–water partition coefficient (Wildman–Crippen LogP) is 2.37. The second kappa shape index (κ2) is 6.76. The number of carbonyl (C=O) groups is 1. The van der Waals surface area contributed by atoms with Crippen molar-refractivity contribution in [2.45, 2.75) is 39.3 Å². The van der Waals surface area contributed by atoms with E-state index in [2.05, 4.69) is 31.2 Å². The van der Waals surface area contributed by atoms with Gasteiger partial charge in [0.1, 0.15) is 0 Å². The van der Waals surface area contributed by atoms with Crippen molar-refractivity contribution in [1.82, 2.24) is 4.90 Å². The highest BCUT2D eigenvalue weighted by atomic mass is 35.5. The van der Waals surface area contributed by atoms with Gasteiger partial charge in [-0.1, -0.05) is 31.2 Å². The molecule has 0 radical (unpaired) electrons. The van der Waals surface area contributed by atoms with Crippen molar-refractivity contribution in [1.29, 1.82) is 0 Å². The second-order valence-electron chi connectivity index (χ2n) is 5.05. The molecule has 0 bridgehead atoms. The molecule has 0 fully saturated rings. The average Bonchev–Trinajstić information content (AvgIpc) is 2.27. The van der Waals surface area contributed by atoms with Gasteiger partial charge in [-0.25, -0.2) is 0 Å². The maximum atomic E-state index is 11.9. The second-order valence-corrected chi connectivity index (χ2v) is 5.05. The summed E-state index contributed by atoms with van der Waals surface area (Å²) in [6.45, 7) is 6.18. The van der Waals surface area contributed by atoms with Gasteiger partial charge in [0.2, 0.25) is 5.91 Å². The van der Waals surface area contributed by atoms with E-state index < -0.39 is 5.54 Å². The van der Waals surface area contributed by atoms with Crippen LogP contribution in [0.2, 0.25) is 0 Å². The van der Waals surface area contributed by atoms with Gasteiger partial charge in [0.05, 0.1) is 5.54 Å². The minimum Gasteiger partial charge on any atom is -0.340 e. The molecular formula is C14H23ClN2O. The number of hydrogen-bond donors (Lipinski definition) is 1. The van der Waals surface area contributed by atoms with Gasteiger partial charge < -0.3 is 10.6 Å². The molecule has 0 aromatic heterocycles. The Hall–Kier alpha value is -1.06. The van der Waals surface area contributed by atoms with Gasteiger partial charge in [0, 0.05) is 13.6 Å². The van der Waals surface area contributed by atoms with E-state index in [1.807, 2.05) is 0 Å². The Labute approximate surface area is 116 Å². The summed E-state index contributed by atoms with van der Waals surface area (Å²) in [4.78, 5) is 13.6. The lowest BCUT2D eigenvalue weighted by atomic mass is 10.0. The van der Waals surface area contributed by atoms with Crippen molar-refractivity contribution < 1.29 is 4.79 Å². The van der Waals surface area contributed by atoms with Crippen molar-refractivity contribution in [3.8, 4) is 0 Å². The number of benzene rings is 1. The summed E-state index contributed by atoms with van der Waals surface area (Å²) in [5, 5.41) is 0. The molecule has 2 N–H and O–H groups in total. The number of nitrogens with zero attached hydrogens (tertiary/aromatic N) is 1. The maximum Gasteiger partial charge on any atom is 0.242 e. The highest BCUT2D eigenvalue weighted by molar-refractivity contribution is 5.85. The first-order valence-electron chi connectivity index (χ1n) is 5.97. The maximum absolute atomic E-state index is 11.9. The fourth-order valence-corrected chi connectivity index (χ4v) is 1.72. The van der Waals surface area contributed by atoms with Crippen LogP contribution >= 0.6 is 12.4 Å². The Bertz CT molecular complexity index is 382. The van der Waals surface area contributed by atoms with Crippen LogP contribution in [0.15, 0.2) is 24.3 Å². The zero-order valence-corrected chi connectivity index (χ0v) is 12.4. The summed E-state index contributed by atoms with van der Waals surface area (Å²) in [5.41, 5.74) is 7.41. The highest BCUT2D eigenvalue weighted by Gasteiger charge is 2.25. The number of nitrogens with two attached hydrogens (primary N) is 1. The quantitative estimate of drug-likeness (QED) is 0.913. The van der Waals surface area contributed by atoms with Gasteiger partial charge in [0.25, 0.3) is 0 Å². The van der Waals surface area contributed by atoms with Crippen LogP contribution < -0.4 is 5.73 Å². The van der Waals surface area contributed by atoms with Crippen molar-refractivity contribution in [2.24, 2.45) is 5.73 Å². The first-order chi connectivity index (χ1) is 7.84. The Morgan fingerprint density at radius 3 is 2.06 bits per heavy atom. The molecule has 0 aliphatic carbocycles. The molecular weight excluding hydrogens is 248 g/mol. The van der Waals surface area contributed by atoms with E-state index in [-0.39, 0.29) is 18.3 Å². The molecule has 0 saturated heterocycles. The molecule has 102 valence electrons. The van der Waals surface area contributed by atoms with E-state index in [0.717, 1.165) is 12.0 Å². The van der Waals surface area contributed by atoms with Crippen molar-refractivity contribution >= 4 is 18.3 Å². The summed E-state index contributed by atoms with van der Waals surface area (Å²) in [7, 11) is 1.78. The standard InChI is InChI=1S/C14H22N2O.ClH/c1-5-11-6-8-12(9-7-11)10-16(4)13(17)14(2,3)15;/h6-9H,5,10,15H2,1-4H3;1H. The van der Waals surface area contributed by atoms with E-state index in [9.17, 15) is 4.79 Å². The van der Waals surface area contributed by atoms with Crippen LogP contribution in [0.4, 0.5) is 0 Å². The first kappa shape index (κ1) is 16.9. The lowest BCUT2D eigenvalue weighted by molar-refractivity contribution is -0.134. The zero-order chi connectivity index (χ0) is 13.1. The Morgan fingerprint density at radius 2 is 1.67 bits per heavy atom. The van der Waals surface area contributed by atoms with Crippen molar-refractivity contribution in [3.05, 3.63) is 35.4 Å². The number of halogens is 1. The molecule has 1 amide bonds. The van der Waals surface area contributed by atoms with Crippen LogP contribution in [0.1, 0.15) is 31.9 Å². The molecule has 0 atom stereocenters. The average molecular weight is 271 g/mol. The summed E-state index contributed by atoms with van der Waals surface area (Å²) >= 11 is 0. The molecule has 0 aliphatic heterocycles. The molecule has 4 heteroatoms. The van der Waals surface area contributed by atoms with Crippen LogP contribution in [0, 0.1) is 0 Å². The molecule has 1 aromatic rings. The van der Waals surface area contributed by atoms with Crippen LogP contribution in [-0.4, -0.2) is 23.4 Å². The third-order valence-corrected chi connectivity index (χ3v) is 2.75. The first-order valence-corrected chi connectivity index (χ1v) is 5.97. The minimum absolute atomic E-state index is 0. The van der Waals surface area contributed by atoms with E-state index in [1.165, 1.54) is 5.56 Å². The molecule has 0 heterocycles. The summed E-state index contributed by atoms with van der Waals surface area (Å²) in [5.74, 6) is -0.0444. The summed E-state index contributed by atoms with van der Waals surface area (Å²) in [6, 6.07) is 8.32. The van der Waals surface area contributed by atoms with Crippen LogP contribution in [0.5, 0.6) is 0 Å². The monoisotopic (exact) mass is 270 g/mol. The number of rotatable bonds is 4. The molecule has 18 heavy (non-hydrogen) atoms.